The molecule has 2 rings (SSSR count). The molecule has 0 aromatic heterocycles. The molecular weight excluding hydrogens is 302 g/mol. The second-order valence-corrected chi connectivity index (χ2v) is 6.11. The van der Waals surface area contributed by atoms with Crippen LogP contribution in [0.3, 0.4) is 0 Å². The van der Waals surface area contributed by atoms with E-state index in [1.807, 2.05) is 0 Å². The minimum atomic E-state index is 0.531. The van der Waals surface area contributed by atoms with E-state index in [0.717, 1.165) is 23.2 Å². The third-order valence-electron chi connectivity index (χ3n) is 3.52. The second kappa shape index (κ2) is 6.47. The van der Waals surface area contributed by atoms with Crippen molar-refractivity contribution in [1.29, 1.82) is 0 Å². The number of rotatable bonds is 4. The smallest absolute Gasteiger partial charge is 0.134 e. The third kappa shape index (κ3) is 3.33. The molecule has 0 radical (unpaired) electrons. The number of benzene rings is 1. The normalized spacial score (nSPS) is 15.1. The Balaban J connectivity index is 2.37. The van der Waals surface area contributed by atoms with Gasteiger partial charge in [0.25, 0.3) is 0 Å². The van der Waals surface area contributed by atoms with Crippen LogP contribution in [-0.4, -0.2) is 19.2 Å². The van der Waals surface area contributed by atoms with E-state index in [1.165, 1.54) is 24.1 Å². The Bertz CT molecular complexity index is 456. The first-order valence-electron chi connectivity index (χ1n) is 6.96. The molecule has 0 atom stereocenters. The maximum atomic E-state index is 5.71. The molecule has 1 aromatic rings. The second-order valence-electron chi connectivity index (χ2n) is 5.26. The standard InChI is InChI=1S/C16H22BrNO/c1-4-9-19-16-10-13-7-5-6-8-18(12(2)3)15(13)11-14(16)17/h4,10-12H,1,5-9H2,2-3H3. The van der Waals surface area contributed by atoms with Crippen molar-refractivity contribution in [3.05, 3.63) is 34.8 Å². The first-order chi connectivity index (χ1) is 9.13. The lowest BCUT2D eigenvalue weighted by Gasteiger charge is -2.29. The highest BCUT2D eigenvalue weighted by Crippen LogP contribution is 2.36. The number of halogens is 1. The van der Waals surface area contributed by atoms with Gasteiger partial charge in [-0.25, -0.2) is 0 Å². The number of ether oxygens (including phenoxy) is 1. The zero-order valence-corrected chi connectivity index (χ0v) is 13.4. The van der Waals surface area contributed by atoms with E-state index in [9.17, 15) is 0 Å². The van der Waals surface area contributed by atoms with Gasteiger partial charge in [-0.1, -0.05) is 12.7 Å². The summed E-state index contributed by atoms with van der Waals surface area (Å²) in [5.41, 5.74) is 2.75. The molecule has 0 amide bonds. The lowest BCUT2D eigenvalue weighted by atomic mass is 10.1. The lowest BCUT2D eigenvalue weighted by molar-refractivity contribution is 0.360. The van der Waals surface area contributed by atoms with E-state index in [-0.39, 0.29) is 0 Å². The first kappa shape index (κ1) is 14.4. The summed E-state index contributed by atoms with van der Waals surface area (Å²) in [6.07, 6.45) is 5.42. The molecule has 0 spiro atoms. The molecule has 0 bridgehead atoms. The van der Waals surface area contributed by atoms with Crippen molar-refractivity contribution < 1.29 is 4.74 Å². The molecule has 2 nitrogen and oxygen atoms in total. The highest BCUT2D eigenvalue weighted by molar-refractivity contribution is 9.10. The summed E-state index contributed by atoms with van der Waals surface area (Å²) in [6.45, 7) is 9.89. The molecule has 0 saturated carbocycles. The van der Waals surface area contributed by atoms with Gasteiger partial charge >= 0.3 is 0 Å². The van der Waals surface area contributed by atoms with Gasteiger partial charge in [-0.05, 0) is 66.7 Å². The number of anilines is 1. The molecule has 1 aliphatic rings. The third-order valence-corrected chi connectivity index (χ3v) is 4.14. The van der Waals surface area contributed by atoms with Crippen molar-refractivity contribution >= 4 is 21.6 Å². The van der Waals surface area contributed by atoms with Crippen LogP contribution in [0.1, 0.15) is 32.3 Å². The summed E-state index contributed by atoms with van der Waals surface area (Å²) in [6, 6.07) is 4.92. The Morgan fingerprint density at radius 2 is 2.21 bits per heavy atom. The predicted octanol–water partition coefficient (Wildman–Crippen LogP) is 4.57. The summed E-state index contributed by atoms with van der Waals surface area (Å²) in [5, 5.41) is 0. The van der Waals surface area contributed by atoms with E-state index in [0.29, 0.717) is 12.6 Å². The van der Waals surface area contributed by atoms with Crippen LogP contribution < -0.4 is 9.64 Å². The quantitative estimate of drug-likeness (QED) is 0.753. The summed E-state index contributed by atoms with van der Waals surface area (Å²) in [5.74, 6) is 0.921. The van der Waals surface area contributed by atoms with Gasteiger partial charge in [0.2, 0.25) is 0 Å². The van der Waals surface area contributed by atoms with Gasteiger partial charge in [0.05, 0.1) is 4.47 Å². The van der Waals surface area contributed by atoms with Crippen LogP contribution in [0.15, 0.2) is 29.3 Å². The molecule has 1 aromatic carbocycles. The maximum absolute atomic E-state index is 5.71. The van der Waals surface area contributed by atoms with E-state index < -0.39 is 0 Å². The fourth-order valence-corrected chi connectivity index (χ4v) is 3.01. The van der Waals surface area contributed by atoms with Crippen molar-refractivity contribution in [3.63, 3.8) is 0 Å². The van der Waals surface area contributed by atoms with Gasteiger partial charge in [-0.3, -0.25) is 0 Å². The Hall–Kier alpha value is -0.960. The molecule has 0 unspecified atom stereocenters. The van der Waals surface area contributed by atoms with Crippen LogP contribution in [0.25, 0.3) is 0 Å². The van der Waals surface area contributed by atoms with Gasteiger partial charge in [0.1, 0.15) is 12.4 Å². The highest BCUT2D eigenvalue weighted by atomic mass is 79.9. The van der Waals surface area contributed by atoms with Gasteiger partial charge in [-0.2, -0.15) is 0 Å². The van der Waals surface area contributed by atoms with E-state index in [4.69, 9.17) is 4.74 Å². The average molecular weight is 324 g/mol. The molecule has 104 valence electrons. The number of fused-ring (bicyclic) bond motifs is 1. The molecule has 0 aliphatic carbocycles. The number of nitrogens with zero attached hydrogens (tertiary/aromatic N) is 1. The zero-order valence-electron chi connectivity index (χ0n) is 11.8. The molecule has 1 heterocycles. The Labute approximate surface area is 124 Å². The van der Waals surface area contributed by atoms with Crippen LogP contribution in [0.5, 0.6) is 5.75 Å². The number of hydrogen-bond donors (Lipinski definition) is 0. The fraction of sp³-hybridized carbons (Fsp3) is 0.500. The summed E-state index contributed by atoms with van der Waals surface area (Å²) in [7, 11) is 0. The maximum Gasteiger partial charge on any atom is 0.134 e. The summed E-state index contributed by atoms with van der Waals surface area (Å²) in [4.78, 5) is 2.49. The van der Waals surface area contributed by atoms with Gasteiger partial charge in [0, 0.05) is 18.3 Å². The van der Waals surface area contributed by atoms with Crippen molar-refractivity contribution in [3.8, 4) is 5.75 Å². The monoisotopic (exact) mass is 323 g/mol. The number of hydrogen-bond acceptors (Lipinski definition) is 2. The predicted molar refractivity (Wildman–Crippen MR) is 85.3 cm³/mol. The van der Waals surface area contributed by atoms with Crippen LogP contribution in [0, 0.1) is 0 Å². The minimum Gasteiger partial charge on any atom is -0.488 e. The topological polar surface area (TPSA) is 12.5 Å². The first-order valence-corrected chi connectivity index (χ1v) is 7.75. The SMILES string of the molecule is C=CCOc1cc2c(cc1Br)N(C(C)C)CCCC2. The number of aryl methyl sites for hydroxylation is 1. The highest BCUT2D eigenvalue weighted by Gasteiger charge is 2.19. The van der Waals surface area contributed by atoms with E-state index in [2.05, 4.69) is 53.4 Å². The largest absolute Gasteiger partial charge is 0.488 e. The average Bonchev–Trinajstić information content (AvgIpc) is 2.58. The summed E-state index contributed by atoms with van der Waals surface area (Å²) >= 11 is 3.62. The fourth-order valence-electron chi connectivity index (χ4n) is 2.57. The van der Waals surface area contributed by atoms with Crippen LogP contribution in [0.2, 0.25) is 0 Å². The van der Waals surface area contributed by atoms with Crippen molar-refractivity contribution in [2.45, 2.75) is 39.2 Å². The molecular formula is C16H22BrNO. The van der Waals surface area contributed by atoms with E-state index in [1.54, 1.807) is 6.08 Å². The van der Waals surface area contributed by atoms with Crippen molar-refractivity contribution in [2.24, 2.45) is 0 Å². The van der Waals surface area contributed by atoms with Crippen LogP contribution >= 0.6 is 15.9 Å². The van der Waals surface area contributed by atoms with Crippen molar-refractivity contribution in [1.82, 2.24) is 0 Å². The van der Waals surface area contributed by atoms with Gasteiger partial charge in [0.15, 0.2) is 0 Å². The lowest BCUT2D eigenvalue weighted by Crippen LogP contribution is -2.31. The van der Waals surface area contributed by atoms with Gasteiger partial charge in [-0.15, -0.1) is 0 Å². The molecule has 0 fully saturated rings. The van der Waals surface area contributed by atoms with Crippen LogP contribution in [0.4, 0.5) is 5.69 Å². The molecule has 0 N–H and O–H groups in total. The Morgan fingerprint density at radius 3 is 2.89 bits per heavy atom. The zero-order chi connectivity index (χ0) is 13.8. The van der Waals surface area contributed by atoms with Crippen molar-refractivity contribution in [2.75, 3.05) is 18.1 Å². The van der Waals surface area contributed by atoms with Gasteiger partial charge < -0.3 is 9.64 Å². The molecule has 3 heteroatoms. The minimum absolute atomic E-state index is 0.531. The van der Waals surface area contributed by atoms with E-state index >= 15 is 0 Å². The molecule has 0 saturated heterocycles. The van der Waals surface area contributed by atoms with Crippen LogP contribution in [-0.2, 0) is 6.42 Å². The Kier molecular flexibility index (Phi) is 4.92. The molecule has 1 aliphatic heterocycles. The Morgan fingerprint density at radius 1 is 1.42 bits per heavy atom. The molecule has 19 heavy (non-hydrogen) atoms. The summed E-state index contributed by atoms with van der Waals surface area (Å²) < 4.78 is 6.73.